The molecule has 10 heteroatoms. The zero-order valence-electron chi connectivity index (χ0n) is 16.1. The summed E-state index contributed by atoms with van der Waals surface area (Å²) in [5, 5.41) is 13.0. The van der Waals surface area contributed by atoms with Crippen LogP contribution in [0.2, 0.25) is 0 Å². The van der Waals surface area contributed by atoms with Crippen molar-refractivity contribution in [2.24, 2.45) is 15.7 Å². The van der Waals surface area contributed by atoms with Crippen molar-refractivity contribution in [2.45, 2.75) is 39.2 Å². The summed E-state index contributed by atoms with van der Waals surface area (Å²) in [5.41, 5.74) is 9.76. The number of hydrogen-bond acceptors (Lipinski definition) is 7. The maximum absolute atomic E-state index is 5.94. The van der Waals surface area contributed by atoms with E-state index in [1.165, 1.54) is 6.34 Å². The number of nitrogens with one attached hydrogen (secondary N) is 1. The Kier molecular flexibility index (Phi) is 5.08. The third kappa shape index (κ3) is 3.75. The summed E-state index contributed by atoms with van der Waals surface area (Å²) in [5.74, 6) is 2.32. The Labute approximate surface area is 157 Å². The van der Waals surface area contributed by atoms with Gasteiger partial charge < -0.3 is 15.3 Å². The fraction of sp³-hybridized carbons (Fsp3) is 0.471. The van der Waals surface area contributed by atoms with Crippen molar-refractivity contribution < 1.29 is 9.57 Å². The smallest absolute Gasteiger partial charge is 0.238 e. The lowest BCUT2D eigenvalue weighted by Crippen LogP contribution is -2.19. The summed E-state index contributed by atoms with van der Waals surface area (Å²) in [6.45, 7) is 8.28. The third-order valence-corrected chi connectivity index (χ3v) is 4.04. The van der Waals surface area contributed by atoms with Crippen molar-refractivity contribution in [3.05, 3.63) is 29.4 Å². The molecule has 0 saturated carbocycles. The van der Waals surface area contributed by atoms with Gasteiger partial charge in [0.05, 0.1) is 18.1 Å². The summed E-state index contributed by atoms with van der Waals surface area (Å²) in [6.07, 6.45) is 4.79. The molecule has 1 aliphatic rings. The van der Waals surface area contributed by atoms with Crippen LogP contribution in [0.4, 0.5) is 0 Å². The Bertz CT molecular complexity index is 923. The first-order valence-corrected chi connectivity index (χ1v) is 8.53. The van der Waals surface area contributed by atoms with Crippen molar-refractivity contribution in [1.29, 1.82) is 0 Å². The van der Waals surface area contributed by atoms with Gasteiger partial charge in [0.1, 0.15) is 18.4 Å². The fourth-order valence-electron chi connectivity index (χ4n) is 2.85. The van der Waals surface area contributed by atoms with Gasteiger partial charge in [0.2, 0.25) is 5.88 Å². The minimum atomic E-state index is -0.253. The number of fused-ring (bicyclic) bond motifs is 1. The second-order valence-corrected chi connectivity index (χ2v) is 7.11. The SMILES string of the molecule is CN=C(COc1nn2c(C3C=C(C)ON3)nncc2c1C(C)(C)C)N=CN. The van der Waals surface area contributed by atoms with E-state index < -0.39 is 0 Å². The largest absolute Gasteiger partial charge is 0.468 e. The molecule has 0 bridgehead atoms. The van der Waals surface area contributed by atoms with Gasteiger partial charge in [0.25, 0.3) is 0 Å². The number of hydrogen-bond donors (Lipinski definition) is 2. The van der Waals surface area contributed by atoms with E-state index in [2.05, 4.69) is 51.5 Å². The van der Waals surface area contributed by atoms with Gasteiger partial charge in [-0.05, 0) is 18.4 Å². The summed E-state index contributed by atoms with van der Waals surface area (Å²) >= 11 is 0. The van der Waals surface area contributed by atoms with Crippen molar-refractivity contribution in [3.63, 3.8) is 0 Å². The van der Waals surface area contributed by atoms with Crippen molar-refractivity contribution >= 4 is 17.7 Å². The minimum absolute atomic E-state index is 0.150. The lowest BCUT2D eigenvalue weighted by atomic mass is 9.88. The van der Waals surface area contributed by atoms with Gasteiger partial charge in [-0.1, -0.05) is 20.8 Å². The van der Waals surface area contributed by atoms with Crippen molar-refractivity contribution in [3.8, 4) is 5.88 Å². The Morgan fingerprint density at radius 2 is 2.26 bits per heavy atom. The Hall–Kier alpha value is -3.01. The van der Waals surface area contributed by atoms with Gasteiger partial charge in [-0.25, -0.2) is 9.51 Å². The van der Waals surface area contributed by atoms with Gasteiger partial charge in [-0.15, -0.1) is 15.7 Å². The standard InChI is InChI=1S/C17H24N8O2/c1-10-6-11(24-27-10)15-22-21-7-12-14(17(2,3)4)16(23-25(12)15)26-8-13(19-5)20-9-18/h6-7,9,11,24H,8H2,1-5H3,(H2,18,19,20). The number of ether oxygens (including phenoxy) is 1. The van der Waals surface area contributed by atoms with E-state index >= 15 is 0 Å². The molecule has 0 amide bonds. The molecule has 1 unspecified atom stereocenters. The lowest BCUT2D eigenvalue weighted by molar-refractivity contribution is 0.115. The molecule has 2 aromatic rings. The lowest BCUT2D eigenvalue weighted by Gasteiger charge is -2.19. The first-order chi connectivity index (χ1) is 12.8. The topological polar surface area (TPSA) is 124 Å². The molecule has 0 spiro atoms. The molecule has 1 atom stereocenters. The van der Waals surface area contributed by atoms with E-state index in [4.69, 9.17) is 15.3 Å². The average Bonchev–Trinajstić information content (AvgIpc) is 3.21. The zero-order valence-corrected chi connectivity index (χ0v) is 16.1. The van der Waals surface area contributed by atoms with Crippen molar-refractivity contribution in [2.75, 3.05) is 13.7 Å². The monoisotopic (exact) mass is 372 g/mol. The summed E-state index contributed by atoms with van der Waals surface area (Å²) < 4.78 is 7.67. The van der Waals surface area contributed by atoms with Crippen LogP contribution < -0.4 is 16.0 Å². The van der Waals surface area contributed by atoms with Gasteiger partial charge in [-0.3, -0.25) is 4.99 Å². The molecule has 10 nitrogen and oxygen atoms in total. The van der Waals surface area contributed by atoms with E-state index in [0.717, 1.165) is 16.8 Å². The highest BCUT2D eigenvalue weighted by atomic mass is 16.7. The number of aromatic nitrogens is 4. The van der Waals surface area contributed by atoms with Gasteiger partial charge >= 0.3 is 0 Å². The maximum Gasteiger partial charge on any atom is 0.238 e. The molecule has 1 aliphatic heterocycles. The zero-order chi connectivity index (χ0) is 19.6. The molecule has 0 fully saturated rings. The number of amidine groups is 1. The number of nitrogens with zero attached hydrogens (tertiary/aromatic N) is 6. The quantitative estimate of drug-likeness (QED) is 0.612. The predicted octanol–water partition coefficient (Wildman–Crippen LogP) is 1.30. The normalized spacial score (nSPS) is 18.2. The highest BCUT2D eigenvalue weighted by Gasteiger charge is 2.30. The number of allylic oxidation sites excluding steroid dienone is 1. The minimum Gasteiger partial charge on any atom is -0.468 e. The highest BCUT2D eigenvalue weighted by Crippen LogP contribution is 2.35. The molecule has 3 heterocycles. The van der Waals surface area contributed by atoms with Crippen LogP contribution in [0.3, 0.4) is 0 Å². The van der Waals surface area contributed by atoms with Crippen LogP contribution >= 0.6 is 0 Å². The number of aliphatic imine (C=N–C) groups is 2. The predicted molar refractivity (Wildman–Crippen MR) is 102 cm³/mol. The molecule has 144 valence electrons. The molecule has 3 N–H and O–H groups in total. The van der Waals surface area contributed by atoms with E-state index in [1.54, 1.807) is 17.8 Å². The third-order valence-electron chi connectivity index (χ3n) is 4.04. The van der Waals surface area contributed by atoms with Crippen LogP contribution in [-0.4, -0.2) is 45.6 Å². The van der Waals surface area contributed by atoms with Crippen LogP contribution in [0.15, 0.2) is 28.0 Å². The van der Waals surface area contributed by atoms with Crippen LogP contribution in [0.25, 0.3) is 5.52 Å². The molecular weight excluding hydrogens is 348 g/mol. The van der Waals surface area contributed by atoms with Gasteiger partial charge in [0.15, 0.2) is 11.7 Å². The highest BCUT2D eigenvalue weighted by molar-refractivity contribution is 5.89. The Balaban J connectivity index is 2.07. The van der Waals surface area contributed by atoms with E-state index in [9.17, 15) is 0 Å². The van der Waals surface area contributed by atoms with Crippen LogP contribution in [0.1, 0.15) is 45.1 Å². The summed E-state index contributed by atoms with van der Waals surface area (Å²) in [6, 6.07) is -0.253. The number of nitrogens with two attached hydrogens (primary N) is 1. The second-order valence-electron chi connectivity index (χ2n) is 7.11. The first kappa shape index (κ1) is 18.8. The Morgan fingerprint density at radius 1 is 1.48 bits per heavy atom. The second kappa shape index (κ2) is 7.31. The molecule has 0 radical (unpaired) electrons. The first-order valence-electron chi connectivity index (χ1n) is 8.53. The summed E-state index contributed by atoms with van der Waals surface area (Å²) in [4.78, 5) is 13.3. The maximum atomic E-state index is 5.94. The van der Waals surface area contributed by atoms with Gasteiger partial charge in [-0.2, -0.15) is 5.10 Å². The van der Waals surface area contributed by atoms with Crippen LogP contribution in [0, 0.1) is 0 Å². The molecule has 27 heavy (non-hydrogen) atoms. The van der Waals surface area contributed by atoms with Crippen LogP contribution in [-0.2, 0) is 10.3 Å². The van der Waals surface area contributed by atoms with Crippen molar-refractivity contribution in [1.82, 2.24) is 25.3 Å². The molecule has 2 aromatic heterocycles. The molecule has 0 aliphatic carbocycles. The molecular formula is C17H24N8O2. The Morgan fingerprint density at radius 3 is 2.85 bits per heavy atom. The number of rotatable bonds is 4. The van der Waals surface area contributed by atoms with E-state index in [1.807, 2.05) is 13.0 Å². The molecule has 3 rings (SSSR count). The molecule has 0 saturated heterocycles. The number of hydroxylamine groups is 1. The van der Waals surface area contributed by atoms with E-state index in [-0.39, 0.29) is 18.1 Å². The van der Waals surface area contributed by atoms with Gasteiger partial charge in [0, 0.05) is 12.6 Å². The summed E-state index contributed by atoms with van der Waals surface area (Å²) in [7, 11) is 1.63. The average molecular weight is 372 g/mol. The molecule has 0 aromatic carbocycles. The fourth-order valence-corrected chi connectivity index (χ4v) is 2.85. The van der Waals surface area contributed by atoms with Crippen LogP contribution in [0.5, 0.6) is 5.88 Å². The van der Waals surface area contributed by atoms with E-state index in [0.29, 0.717) is 17.5 Å².